The Kier molecular flexibility index (Phi) is 5.45. The van der Waals surface area contributed by atoms with Gasteiger partial charge in [-0.15, -0.1) is 11.3 Å². The van der Waals surface area contributed by atoms with Gasteiger partial charge in [0, 0.05) is 5.69 Å². The van der Waals surface area contributed by atoms with Crippen LogP contribution in [-0.4, -0.2) is 28.1 Å². The lowest BCUT2D eigenvalue weighted by Crippen LogP contribution is -2.18. The van der Waals surface area contributed by atoms with E-state index in [0.717, 1.165) is 46.1 Å². The Morgan fingerprint density at radius 1 is 1.19 bits per heavy atom. The molecule has 27 heavy (non-hydrogen) atoms. The Hall–Kier alpha value is -1.92. The maximum Gasteiger partial charge on any atom is 0.234 e. The van der Waals surface area contributed by atoms with Gasteiger partial charge in [0.2, 0.25) is 5.91 Å². The molecule has 1 spiro atoms. The van der Waals surface area contributed by atoms with Gasteiger partial charge < -0.3 is 5.32 Å². The molecule has 0 atom stereocenters. The summed E-state index contributed by atoms with van der Waals surface area (Å²) in [7, 11) is 0. The third kappa shape index (κ3) is 4.01. The highest BCUT2D eigenvalue weighted by Crippen LogP contribution is 2.40. The molecule has 4 nitrogen and oxygen atoms in total. The van der Waals surface area contributed by atoms with Gasteiger partial charge in [-0.25, -0.2) is 4.99 Å². The van der Waals surface area contributed by atoms with Crippen LogP contribution in [0, 0.1) is 0 Å². The minimum Gasteiger partial charge on any atom is -0.325 e. The summed E-state index contributed by atoms with van der Waals surface area (Å²) in [5, 5.41) is 6.02. The molecular weight excluding hydrogens is 374 g/mol. The van der Waals surface area contributed by atoms with E-state index in [0.29, 0.717) is 5.75 Å². The fourth-order valence-corrected chi connectivity index (χ4v) is 5.28. The van der Waals surface area contributed by atoms with Gasteiger partial charge in [0.05, 0.1) is 10.6 Å². The zero-order chi connectivity index (χ0) is 18.7. The minimum atomic E-state index is -0.271. The summed E-state index contributed by atoms with van der Waals surface area (Å²) in [6.45, 7) is 2.10. The number of amides is 1. The second kappa shape index (κ2) is 7.98. The largest absolute Gasteiger partial charge is 0.325 e. The predicted octanol–water partition coefficient (Wildman–Crippen LogP) is 5.15. The van der Waals surface area contributed by atoms with Gasteiger partial charge in [-0.3, -0.25) is 9.79 Å². The molecule has 1 amide bonds. The molecule has 1 aromatic carbocycles. The van der Waals surface area contributed by atoms with Gasteiger partial charge in [0.25, 0.3) is 0 Å². The lowest BCUT2D eigenvalue weighted by atomic mass is 10.1. The Morgan fingerprint density at radius 3 is 2.74 bits per heavy atom. The van der Waals surface area contributed by atoms with E-state index in [-0.39, 0.29) is 11.6 Å². The van der Waals surface area contributed by atoms with Crippen molar-refractivity contribution in [1.82, 2.24) is 0 Å². The van der Waals surface area contributed by atoms with Crippen molar-refractivity contribution in [2.45, 2.75) is 44.7 Å². The van der Waals surface area contributed by atoms with Crippen LogP contribution in [0.1, 0.15) is 43.0 Å². The number of benzene rings is 1. The van der Waals surface area contributed by atoms with Crippen LogP contribution in [0.5, 0.6) is 0 Å². The van der Waals surface area contributed by atoms with Crippen LogP contribution in [-0.2, 0) is 11.2 Å². The molecule has 140 valence electrons. The number of hydrogen-bond acceptors (Lipinski definition) is 5. The van der Waals surface area contributed by atoms with E-state index in [2.05, 4.69) is 29.8 Å². The summed E-state index contributed by atoms with van der Waals surface area (Å²) < 4.78 is 0. The van der Waals surface area contributed by atoms with Gasteiger partial charge in [-0.1, -0.05) is 43.0 Å². The Morgan fingerprint density at radius 2 is 2.00 bits per heavy atom. The van der Waals surface area contributed by atoms with Gasteiger partial charge in [-0.05, 0) is 55.2 Å². The minimum absolute atomic E-state index is 0.00139. The molecule has 1 fully saturated rings. The summed E-state index contributed by atoms with van der Waals surface area (Å²) in [5.74, 6) is 0.346. The summed E-state index contributed by atoms with van der Waals surface area (Å²) in [6.07, 6.45) is 5.28. The zero-order valence-corrected chi connectivity index (χ0v) is 17.0. The number of carbonyl (C=O) groups is 1. The topological polar surface area (TPSA) is 53.8 Å². The van der Waals surface area contributed by atoms with Crippen LogP contribution in [0.25, 0.3) is 0 Å². The first-order valence-electron chi connectivity index (χ1n) is 9.44. The van der Waals surface area contributed by atoms with E-state index < -0.39 is 0 Å². The van der Waals surface area contributed by atoms with Crippen molar-refractivity contribution >= 4 is 45.4 Å². The molecule has 1 N–H and O–H groups in total. The predicted molar refractivity (Wildman–Crippen MR) is 116 cm³/mol. The number of thiophene rings is 1. The van der Waals surface area contributed by atoms with Crippen molar-refractivity contribution in [3.63, 3.8) is 0 Å². The number of carbonyl (C=O) groups excluding carboxylic acids is 1. The van der Waals surface area contributed by atoms with Crippen molar-refractivity contribution < 1.29 is 4.79 Å². The van der Waals surface area contributed by atoms with Crippen LogP contribution < -0.4 is 5.32 Å². The molecule has 1 aliphatic carbocycles. The molecule has 4 rings (SSSR count). The molecule has 0 radical (unpaired) electrons. The van der Waals surface area contributed by atoms with Gasteiger partial charge >= 0.3 is 0 Å². The van der Waals surface area contributed by atoms with Crippen LogP contribution in [0.4, 0.5) is 5.69 Å². The number of hydrogen-bond donors (Lipinski definition) is 1. The fourth-order valence-electron chi connectivity index (χ4n) is 3.63. The summed E-state index contributed by atoms with van der Waals surface area (Å²) in [5.41, 5.74) is 2.75. The van der Waals surface area contributed by atoms with Gasteiger partial charge in [-0.2, -0.15) is 0 Å². The summed E-state index contributed by atoms with van der Waals surface area (Å²) in [6, 6.07) is 12.1. The van der Waals surface area contributed by atoms with Crippen molar-refractivity contribution in [3.8, 4) is 0 Å². The first-order chi connectivity index (χ1) is 13.2. The number of rotatable bonds is 5. The first kappa shape index (κ1) is 18.4. The van der Waals surface area contributed by atoms with E-state index in [9.17, 15) is 4.79 Å². The van der Waals surface area contributed by atoms with E-state index in [1.807, 2.05) is 24.3 Å². The van der Waals surface area contributed by atoms with Crippen molar-refractivity contribution in [2.24, 2.45) is 9.98 Å². The van der Waals surface area contributed by atoms with Crippen molar-refractivity contribution in [3.05, 3.63) is 52.2 Å². The third-order valence-corrected chi connectivity index (χ3v) is 6.84. The first-order valence-corrected chi connectivity index (χ1v) is 11.3. The average Bonchev–Trinajstić information content (AvgIpc) is 3.42. The van der Waals surface area contributed by atoms with E-state index in [4.69, 9.17) is 9.98 Å². The van der Waals surface area contributed by atoms with E-state index >= 15 is 0 Å². The molecule has 2 aliphatic rings. The summed E-state index contributed by atoms with van der Waals surface area (Å²) >= 11 is 3.19. The average molecular weight is 398 g/mol. The molecule has 0 saturated heterocycles. The van der Waals surface area contributed by atoms with Crippen molar-refractivity contribution in [1.29, 1.82) is 0 Å². The Balaban J connectivity index is 1.46. The van der Waals surface area contributed by atoms with Crippen LogP contribution in [0.2, 0.25) is 0 Å². The number of para-hydroxylation sites is 1. The molecular formula is C21H23N3OS2. The van der Waals surface area contributed by atoms with Crippen LogP contribution in [0.3, 0.4) is 0 Å². The quantitative estimate of drug-likeness (QED) is 0.758. The highest BCUT2D eigenvalue weighted by molar-refractivity contribution is 8.16. The number of anilines is 1. The maximum absolute atomic E-state index is 12.5. The number of aryl methyl sites for hydroxylation is 1. The van der Waals surface area contributed by atoms with Crippen LogP contribution in [0.15, 0.2) is 51.8 Å². The third-order valence-electron chi connectivity index (χ3n) is 5.00. The fraction of sp³-hybridized carbons (Fsp3) is 0.381. The normalized spacial score (nSPS) is 17.8. The molecule has 1 aromatic heterocycles. The zero-order valence-electron chi connectivity index (χ0n) is 15.4. The molecule has 6 heteroatoms. The summed E-state index contributed by atoms with van der Waals surface area (Å²) in [4.78, 5) is 23.6. The molecule has 0 unspecified atom stereocenters. The number of aliphatic imine (C=N–C) groups is 2. The second-order valence-corrected chi connectivity index (χ2v) is 8.80. The standard InChI is InChI=1S/C21H23N3OS2/c1-2-15-8-3-4-9-16(15)22-18(25)14-27-20-19(17-10-7-13-26-17)23-21(24-20)11-5-6-12-21/h3-4,7-10,13H,2,5-6,11-12,14H2,1H3,(H,22,25). The Bertz CT molecular complexity index is 881. The number of thioether (sulfide) groups is 1. The highest BCUT2D eigenvalue weighted by atomic mass is 32.2. The maximum atomic E-state index is 12.5. The van der Waals surface area contributed by atoms with Crippen LogP contribution >= 0.6 is 23.1 Å². The second-order valence-electron chi connectivity index (χ2n) is 6.89. The molecule has 1 aliphatic heterocycles. The molecule has 0 bridgehead atoms. The molecule has 2 aromatic rings. The van der Waals surface area contributed by atoms with Gasteiger partial charge in [0.15, 0.2) is 5.66 Å². The number of nitrogens with one attached hydrogen (secondary N) is 1. The SMILES string of the molecule is CCc1ccccc1NC(=O)CSC1=NC2(CCCC2)N=C1c1cccs1. The lowest BCUT2D eigenvalue weighted by Gasteiger charge is -2.14. The van der Waals surface area contributed by atoms with Crippen molar-refractivity contribution in [2.75, 3.05) is 11.1 Å². The Labute approximate surface area is 168 Å². The van der Waals surface area contributed by atoms with E-state index in [1.165, 1.54) is 24.6 Å². The van der Waals surface area contributed by atoms with E-state index in [1.54, 1.807) is 11.3 Å². The van der Waals surface area contributed by atoms with Gasteiger partial charge in [0.1, 0.15) is 10.8 Å². The monoisotopic (exact) mass is 397 g/mol. The number of nitrogens with zero attached hydrogens (tertiary/aromatic N) is 2. The lowest BCUT2D eigenvalue weighted by molar-refractivity contribution is -0.113. The molecule has 2 heterocycles. The highest BCUT2D eigenvalue weighted by Gasteiger charge is 2.39. The smallest absolute Gasteiger partial charge is 0.234 e. The molecule has 1 saturated carbocycles.